The van der Waals surface area contributed by atoms with Crippen molar-refractivity contribution in [2.24, 2.45) is 0 Å². The molecular weight excluding hydrogens is 1500 g/mol. The Labute approximate surface area is 710 Å². The third-order valence-corrected chi connectivity index (χ3v) is 22.5. The van der Waals surface area contributed by atoms with Crippen LogP contribution in [0.1, 0.15) is 0 Å². The van der Waals surface area contributed by atoms with E-state index in [4.69, 9.17) is 24.9 Å². The predicted molar refractivity (Wildman–Crippen MR) is 502 cm³/mol. The van der Waals surface area contributed by atoms with E-state index < -0.39 is 0 Å². The third kappa shape index (κ3) is 14.8. The Morgan fingerprint density at radius 3 is 0.675 bits per heavy atom. The Balaban J connectivity index is 0.000000114. The highest BCUT2D eigenvalue weighted by Gasteiger charge is 2.20. The Hall–Kier alpha value is -16.8. The minimum absolute atomic E-state index is 0.552. The molecular formula is C111H74N12. The molecule has 0 bridgehead atoms. The Kier molecular flexibility index (Phi) is 19.7. The molecule has 0 fully saturated rings. The van der Waals surface area contributed by atoms with Gasteiger partial charge in [-0.3, -0.25) is 19.9 Å². The summed E-state index contributed by atoms with van der Waals surface area (Å²) in [6.45, 7) is 0. The molecule has 0 radical (unpaired) electrons. The van der Waals surface area contributed by atoms with E-state index in [-0.39, 0.29) is 0 Å². The quantitative estimate of drug-likeness (QED) is 0.104. The fraction of sp³-hybridized carbons (Fsp3) is 0. The van der Waals surface area contributed by atoms with E-state index in [1.165, 1.54) is 87.7 Å². The van der Waals surface area contributed by atoms with Gasteiger partial charge in [0, 0.05) is 90.9 Å². The molecule has 10 aromatic heterocycles. The van der Waals surface area contributed by atoms with Gasteiger partial charge in [-0.1, -0.05) is 267 Å². The van der Waals surface area contributed by atoms with Gasteiger partial charge in [-0.25, -0.2) is 24.9 Å². The highest BCUT2D eigenvalue weighted by atomic mass is 15.1. The molecule has 10 heterocycles. The van der Waals surface area contributed by atoms with Gasteiger partial charge < -0.3 is 13.7 Å². The Bertz CT molecular complexity index is 7060. The van der Waals surface area contributed by atoms with Gasteiger partial charge in [0.1, 0.15) is 5.69 Å². The van der Waals surface area contributed by atoms with E-state index in [0.717, 1.165) is 95.9 Å². The predicted octanol–water partition coefficient (Wildman–Crippen LogP) is 27.2. The molecule has 13 aromatic carbocycles. The van der Waals surface area contributed by atoms with Crippen LogP contribution in [0.2, 0.25) is 0 Å². The van der Waals surface area contributed by atoms with Crippen LogP contribution in [0.3, 0.4) is 0 Å². The van der Waals surface area contributed by atoms with Gasteiger partial charge in [0.15, 0.2) is 17.5 Å². The maximum atomic E-state index is 4.97. The molecule has 0 aliphatic heterocycles. The molecule has 12 nitrogen and oxygen atoms in total. The molecule has 0 saturated heterocycles. The molecule has 23 aromatic rings. The SMILES string of the molecule is c1ccc(-c2cc(-c3ccc(-c4ccc(-n5c6ccccc6c6ccccc65)cc4)cc3)cc(-c3ccccn3)n2)cc1.c1ccc(-c2cc(-c3ccc(-c4ccc(-n5c6ccccc6c6ccccc65)cc4)cc3)cc(-c3ccccn3)n2)nc1.c1ccc(-c2nc(-c3ccc(-n4c5ccccc5c5ccccc54)cc3)nc(-c3ccccn3)n2)cc1. The molecule has 578 valence electrons. The number of rotatable bonds is 14. The van der Waals surface area contributed by atoms with Crippen molar-refractivity contribution in [3.05, 3.63) is 449 Å². The van der Waals surface area contributed by atoms with Crippen LogP contribution >= 0.6 is 0 Å². The van der Waals surface area contributed by atoms with Crippen molar-refractivity contribution in [2.45, 2.75) is 0 Å². The second kappa shape index (κ2) is 32.9. The summed E-state index contributed by atoms with van der Waals surface area (Å²) in [7, 11) is 0. The fourth-order valence-corrected chi connectivity index (χ4v) is 16.6. The first-order valence-corrected chi connectivity index (χ1v) is 41.0. The van der Waals surface area contributed by atoms with Gasteiger partial charge in [0.2, 0.25) is 0 Å². The van der Waals surface area contributed by atoms with Gasteiger partial charge in [-0.2, -0.15) is 0 Å². The van der Waals surface area contributed by atoms with Gasteiger partial charge in [0.05, 0.1) is 73.0 Å². The number of para-hydroxylation sites is 6. The molecule has 0 amide bonds. The summed E-state index contributed by atoms with van der Waals surface area (Å²) in [6.07, 6.45) is 7.16. The van der Waals surface area contributed by atoms with Crippen molar-refractivity contribution < 1.29 is 0 Å². The van der Waals surface area contributed by atoms with E-state index in [0.29, 0.717) is 23.2 Å². The molecule has 0 aliphatic rings. The molecule has 123 heavy (non-hydrogen) atoms. The first kappa shape index (κ1) is 73.8. The third-order valence-electron chi connectivity index (χ3n) is 22.5. The van der Waals surface area contributed by atoms with Crippen LogP contribution in [-0.2, 0) is 0 Å². The summed E-state index contributed by atoms with van der Waals surface area (Å²) in [6, 6.07) is 147. The minimum Gasteiger partial charge on any atom is -0.309 e. The zero-order valence-corrected chi connectivity index (χ0v) is 66.6. The fourth-order valence-electron chi connectivity index (χ4n) is 16.6. The zero-order chi connectivity index (χ0) is 81.8. The average molecular weight is 1580 g/mol. The van der Waals surface area contributed by atoms with E-state index in [1.54, 1.807) is 18.6 Å². The second-order valence-corrected chi connectivity index (χ2v) is 30.1. The molecule has 0 unspecified atom stereocenters. The maximum Gasteiger partial charge on any atom is 0.182 e. The van der Waals surface area contributed by atoms with Gasteiger partial charge >= 0.3 is 0 Å². The van der Waals surface area contributed by atoms with Crippen LogP contribution in [-0.4, -0.2) is 58.6 Å². The number of pyridine rings is 6. The Morgan fingerprint density at radius 2 is 0.366 bits per heavy atom. The zero-order valence-electron chi connectivity index (χ0n) is 66.6. The number of nitrogens with zero attached hydrogens (tertiary/aromatic N) is 12. The summed E-state index contributed by atoms with van der Waals surface area (Å²) in [5.41, 5.74) is 29.4. The normalized spacial score (nSPS) is 11.3. The van der Waals surface area contributed by atoms with Crippen molar-refractivity contribution in [3.63, 3.8) is 0 Å². The van der Waals surface area contributed by atoms with Crippen LogP contribution in [0, 0.1) is 0 Å². The lowest BCUT2D eigenvalue weighted by molar-refractivity contribution is 1.06. The average Bonchev–Trinajstić information content (AvgIpc) is 1.62. The van der Waals surface area contributed by atoms with Crippen molar-refractivity contribution in [1.29, 1.82) is 0 Å². The number of hydrogen-bond donors (Lipinski definition) is 0. The number of benzene rings is 13. The van der Waals surface area contributed by atoms with E-state index in [1.807, 2.05) is 128 Å². The monoisotopic (exact) mass is 1570 g/mol. The lowest BCUT2D eigenvalue weighted by Gasteiger charge is -2.11. The molecule has 0 saturated carbocycles. The molecule has 0 aliphatic carbocycles. The van der Waals surface area contributed by atoms with E-state index in [2.05, 4.69) is 337 Å². The van der Waals surface area contributed by atoms with Crippen molar-refractivity contribution in [3.8, 4) is 141 Å². The topological polar surface area (TPSA) is 131 Å². The summed E-state index contributed by atoms with van der Waals surface area (Å²) < 4.78 is 7.00. The van der Waals surface area contributed by atoms with Crippen LogP contribution in [0.5, 0.6) is 0 Å². The largest absolute Gasteiger partial charge is 0.309 e. The van der Waals surface area contributed by atoms with Gasteiger partial charge in [-0.15, -0.1) is 0 Å². The molecule has 12 heteroatoms. The highest BCUT2D eigenvalue weighted by Crippen LogP contribution is 2.40. The number of fused-ring (bicyclic) bond motifs is 9. The maximum absolute atomic E-state index is 4.97. The van der Waals surface area contributed by atoms with Gasteiger partial charge in [-0.05, 0) is 202 Å². The van der Waals surface area contributed by atoms with E-state index >= 15 is 0 Å². The lowest BCUT2D eigenvalue weighted by Crippen LogP contribution is -2.01. The highest BCUT2D eigenvalue weighted by molar-refractivity contribution is 6.11. The van der Waals surface area contributed by atoms with Crippen LogP contribution < -0.4 is 0 Å². The minimum atomic E-state index is 0.552. The second-order valence-electron chi connectivity index (χ2n) is 30.1. The first-order valence-electron chi connectivity index (χ1n) is 41.0. The molecule has 23 rings (SSSR count). The van der Waals surface area contributed by atoms with Crippen LogP contribution in [0.25, 0.3) is 207 Å². The molecule has 0 N–H and O–H groups in total. The molecule has 0 atom stereocenters. The Morgan fingerprint density at radius 1 is 0.138 bits per heavy atom. The first-order chi connectivity index (χ1) is 61.0. The van der Waals surface area contributed by atoms with Crippen molar-refractivity contribution in [1.82, 2.24) is 58.6 Å². The van der Waals surface area contributed by atoms with Crippen LogP contribution in [0.4, 0.5) is 0 Å². The lowest BCUT2D eigenvalue weighted by atomic mass is 9.98. The molecule has 0 spiro atoms. The number of hydrogen-bond acceptors (Lipinski definition) is 9. The summed E-state index contributed by atoms with van der Waals surface area (Å²) in [5.74, 6) is 1.79. The standard InChI is InChI=1S/C40H27N3.C39H26N4.C32H21N5/c1-2-10-31(11-3-1)37-26-32(27-38(42-37)36-14-8-9-25-41-36)30-19-17-28(18-20-30)29-21-23-33(24-22-29)43-39-15-6-4-12-34(39)35-13-5-7-16-40(35)43;1-3-13-38-32(9-1)33-10-2-4-14-39(33)43(38)31-21-19-28(20-22-31)27-15-17-29(18-16-27)30-25-36(34-11-5-7-23-40-34)42-37(26-30)35-12-6-8-24-41-35;1-2-10-22(11-3-1)30-34-31(36-32(35-30)27-14-8-9-21-33-27)23-17-19-24(20-18-23)37-28-15-6-4-12-25(28)26-13-5-7-16-29(26)37/h1-27H;1-26H;1-21H. The smallest absolute Gasteiger partial charge is 0.182 e. The summed E-state index contributed by atoms with van der Waals surface area (Å²) in [5, 5.41) is 7.57. The summed E-state index contributed by atoms with van der Waals surface area (Å²) >= 11 is 0. The van der Waals surface area contributed by atoms with Crippen molar-refractivity contribution in [2.75, 3.05) is 0 Å². The summed E-state index contributed by atoms with van der Waals surface area (Å²) in [4.78, 5) is 42.4. The van der Waals surface area contributed by atoms with E-state index in [9.17, 15) is 0 Å². The number of aromatic nitrogens is 12. The van der Waals surface area contributed by atoms with Gasteiger partial charge in [0.25, 0.3) is 0 Å². The van der Waals surface area contributed by atoms with Crippen LogP contribution in [0.15, 0.2) is 449 Å². The van der Waals surface area contributed by atoms with Crippen molar-refractivity contribution >= 4 is 65.4 Å².